The van der Waals surface area contributed by atoms with Gasteiger partial charge >= 0.3 is 0 Å². The average Bonchev–Trinajstić information content (AvgIpc) is 3.30. The van der Waals surface area contributed by atoms with Crippen LogP contribution in [0.5, 0.6) is 0 Å². The molecule has 2 aromatic heterocycles. The third-order valence-electron chi connectivity index (χ3n) is 3.90. The molecule has 2 heterocycles. The summed E-state index contributed by atoms with van der Waals surface area (Å²) in [5, 5.41) is 13.8. The summed E-state index contributed by atoms with van der Waals surface area (Å²) in [6, 6.07) is 11.9. The molecule has 6 heteroatoms. The third-order valence-corrected chi connectivity index (χ3v) is 3.90. The Morgan fingerprint density at radius 1 is 1.13 bits per heavy atom. The molecule has 6 nitrogen and oxygen atoms in total. The SMILES string of the molecule is Cc1ccccc1Nc1nccc(Nc2cc(C3CC3)n[nH]2)n1. The van der Waals surface area contributed by atoms with Gasteiger partial charge in [0.2, 0.25) is 5.95 Å². The van der Waals surface area contributed by atoms with Crippen LogP contribution in [0.4, 0.5) is 23.3 Å². The number of anilines is 4. The van der Waals surface area contributed by atoms with Gasteiger partial charge in [-0.2, -0.15) is 10.1 Å². The highest BCUT2D eigenvalue weighted by Crippen LogP contribution is 2.39. The minimum absolute atomic E-state index is 0.561. The van der Waals surface area contributed by atoms with Crippen molar-refractivity contribution in [2.75, 3.05) is 10.6 Å². The van der Waals surface area contributed by atoms with Crippen LogP contribution in [-0.4, -0.2) is 20.2 Å². The maximum absolute atomic E-state index is 4.49. The molecule has 0 radical (unpaired) electrons. The zero-order valence-electron chi connectivity index (χ0n) is 12.9. The van der Waals surface area contributed by atoms with E-state index in [-0.39, 0.29) is 0 Å². The minimum atomic E-state index is 0.561. The lowest BCUT2D eigenvalue weighted by atomic mass is 10.2. The maximum Gasteiger partial charge on any atom is 0.229 e. The quantitative estimate of drug-likeness (QED) is 0.667. The van der Waals surface area contributed by atoms with E-state index < -0.39 is 0 Å². The normalized spacial score (nSPS) is 13.8. The second-order valence-electron chi connectivity index (χ2n) is 5.81. The molecule has 3 N–H and O–H groups in total. The van der Waals surface area contributed by atoms with Crippen LogP contribution in [0.3, 0.4) is 0 Å². The van der Waals surface area contributed by atoms with Gasteiger partial charge < -0.3 is 10.6 Å². The number of aryl methyl sites for hydroxylation is 1. The number of nitrogens with one attached hydrogen (secondary N) is 3. The number of hydrogen-bond acceptors (Lipinski definition) is 5. The zero-order valence-corrected chi connectivity index (χ0v) is 12.9. The number of nitrogens with zero attached hydrogens (tertiary/aromatic N) is 3. The maximum atomic E-state index is 4.49. The zero-order chi connectivity index (χ0) is 15.6. The van der Waals surface area contributed by atoms with Gasteiger partial charge in [0.15, 0.2) is 0 Å². The van der Waals surface area contributed by atoms with Crippen LogP contribution >= 0.6 is 0 Å². The van der Waals surface area contributed by atoms with Crippen molar-refractivity contribution in [2.24, 2.45) is 0 Å². The van der Waals surface area contributed by atoms with Gasteiger partial charge in [0.05, 0.1) is 5.69 Å². The average molecular weight is 306 g/mol. The van der Waals surface area contributed by atoms with Gasteiger partial charge in [-0.05, 0) is 37.5 Å². The van der Waals surface area contributed by atoms with Gasteiger partial charge in [-0.25, -0.2) is 4.98 Å². The first kappa shape index (κ1) is 13.8. The number of rotatable bonds is 5. The van der Waals surface area contributed by atoms with Crippen molar-refractivity contribution in [2.45, 2.75) is 25.7 Å². The molecule has 1 aromatic carbocycles. The Bertz CT molecular complexity index is 821. The number of H-pyrrole nitrogens is 1. The van der Waals surface area contributed by atoms with E-state index in [1.165, 1.54) is 12.8 Å². The Labute approximate surface area is 134 Å². The number of aromatic amines is 1. The Hall–Kier alpha value is -2.89. The van der Waals surface area contributed by atoms with E-state index >= 15 is 0 Å². The van der Waals surface area contributed by atoms with E-state index in [1.807, 2.05) is 30.3 Å². The number of hydrogen-bond donors (Lipinski definition) is 3. The van der Waals surface area contributed by atoms with Crippen molar-refractivity contribution in [1.82, 2.24) is 20.2 Å². The number of para-hydroxylation sites is 1. The summed E-state index contributed by atoms with van der Waals surface area (Å²) in [6.45, 7) is 2.05. The summed E-state index contributed by atoms with van der Waals surface area (Å²) in [6.07, 6.45) is 4.21. The monoisotopic (exact) mass is 306 g/mol. The molecule has 1 fully saturated rings. The molecule has 3 aromatic rings. The van der Waals surface area contributed by atoms with Crippen LogP contribution in [0.25, 0.3) is 0 Å². The molecular weight excluding hydrogens is 288 g/mol. The van der Waals surface area contributed by atoms with Crippen molar-refractivity contribution in [1.29, 1.82) is 0 Å². The predicted molar refractivity (Wildman–Crippen MR) is 90.3 cm³/mol. The molecule has 0 amide bonds. The first-order valence-electron chi connectivity index (χ1n) is 7.76. The van der Waals surface area contributed by atoms with E-state index in [0.717, 1.165) is 28.6 Å². The molecule has 23 heavy (non-hydrogen) atoms. The van der Waals surface area contributed by atoms with Crippen LogP contribution in [0.2, 0.25) is 0 Å². The van der Waals surface area contributed by atoms with Crippen LogP contribution in [0.1, 0.15) is 30.0 Å². The molecule has 0 atom stereocenters. The van der Waals surface area contributed by atoms with Gasteiger partial charge in [0.25, 0.3) is 0 Å². The topological polar surface area (TPSA) is 78.5 Å². The molecule has 116 valence electrons. The highest BCUT2D eigenvalue weighted by atomic mass is 15.2. The molecule has 1 aliphatic carbocycles. The van der Waals surface area contributed by atoms with E-state index in [9.17, 15) is 0 Å². The standard InChI is InChI=1S/C17H18N6/c1-11-4-2-3-5-13(11)19-17-18-9-8-15(21-17)20-16-10-14(22-23-16)12-6-7-12/h2-5,8-10,12H,6-7H2,1H3,(H3,18,19,20,21,22,23). The molecule has 4 rings (SSSR count). The van der Waals surface area contributed by atoms with E-state index in [4.69, 9.17) is 0 Å². The minimum Gasteiger partial charge on any atom is -0.325 e. The van der Waals surface area contributed by atoms with Crippen molar-refractivity contribution < 1.29 is 0 Å². The lowest BCUT2D eigenvalue weighted by Gasteiger charge is -2.09. The van der Waals surface area contributed by atoms with Crippen molar-refractivity contribution in [3.63, 3.8) is 0 Å². The summed E-state index contributed by atoms with van der Waals surface area (Å²) < 4.78 is 0. The Balaban J connectivity index is 1.50. The molecule has 1 aliphatic rings. The van der Waals surface area contributed by atoms with E-state index in [2.05, 4.69) is 43.8 Å². The van der Waals surface area contributed by atoms with Gasteiger partial charge in [-0.1, -0.05) is 18.2 Å². The highest BCUT2D eigenvalue weighted by molar-refractivity contribution is 5.60. The first-order chi connectivity index (χ1) is 11.3. The second-order valence-corrected chi connectivity index (χ2v) is 5.81. The molecule has 0 bridgehead atoms. The van der Waals surface area contributed by atoms with Gasteiger partial charge in [0, 0.05) is 23.9 Å². The van der Waals surface area contributed by atoms with Crippen LogP contribution in [0.15, 0.2) is 42.6 Å². The smallest absolute Gasteiger partial charge is 0.229 e. The van der Waals surface area contributed by atoms with Crippen molar-refractivity contribution >= 4 is 23.3 Å². The molecular formula is C17H18N6. The van der Waals surface area contributed by atoms with Crippen molar-refractivity contribution in [3.8, 4) is 0 Å². The summed E-state index contributed by atoms with van der Waals surface area (Å²) in [7, 11) is 0. The molecule has 0 saturated heterocycles. The van der Waals surface area contributed by atoms with Crippen LogP contribution < -0.4 is 10.6 Å². The second kappa shape index (κ2) is 5.72. The van der Waals surface area contributed by atoms with E-state index in [0.29, 0.717) is 11.9 Å². The van der Waals surface area contributed by atoms with Crippen LogP contribution in [0, 0.1) is 6.92 Å². The Kier molecular flexibility index (Phi) is 3.42. The Morgan fingerprint density at radius 3 is 2.83 bits per heavy atom. The fourth-order valence-corrected chi connectivity index (χ4v) is 2.45. The lowest BCUT2D eigenvalue weighted by molar-refractivity contribution is 0.966. The lowest BCUT2D eigenvalue weighted by Crippen LogP contribution is -2.01. The third kappa shape index (κ3) is 3.15. The Morgan fingerprint density at radius 2 is 2.00 bits per heavy atom. The molecule has 0 aliphatic heterocycles. The van der Waals surface area contributed by atoms with E-state index in [1.54, 1.807) is 6.20 Å². The first-order valence-corrected chi connectivity index (χ1v) is 7.76. The van der Waals surface area contributed by atoms with Crippen molar-refractivity contribution in [3.05, 3.63) is 53.9 Å². The van der Waals surface area contributed by atoms with Gasteiger partial charge in [-0.3, -0.25) is 5.10 Å². The molecule has 0 unspecified atom stereocenters. The van der Waals surface area contributed by atoms with Gasteiger partial charge in [-0.15, -0.1) is 0 Å². The molecule has 0 spiro atoms. The van der Waals surface area contributed by atoms with Crippen LogP contribution in [-0.2, 0) is 0 Å². The predicted octanol–water partition coefficient (Wildman–Crippen LogP) is 3.87. The summed E-state index contributed by atoms with van der Waals surface area (Å²) >= 11 is 0. The largest absolute Gasteiger partial charge is 0.325 e. The fourth-order valence-electron chi connectivity index (χ4n) is 2.45. The summed E-state index contributed by atoms with van der Waals surface area (Å²) in [5.41, 5.74) is 3.28. The number of aromatic nitrogens is 4. The molecule has 1 saturated carbocycles. The fraction of sp³-hybridized carbons (Fsp3) is 0.235. The highest BCUT2D eigenvalue weighted by Gasteiger charge is 2.26. The van der Waals surface area contributed by atoms with Gasteiger partial charge in [0.1, 0.15) is 11.6 Å². The summed E-state index contributed by atoms with van der Waals surface area (Å²) in [4.78, 5) is 8.77. The summed E-state index contributed by atoms with van der Waals surface area (Å²) in [5.74, 6) is 2.77. The number of benzene rings is 1.